The summed E-state index contributed by atoms with van der Waals surface area (Å²) in [6, 6.07) is 3.59. The Bertz CT molecular complexity index is 392. The molecule has 2 aromatic rings. The Morgan fingerprint density at radius 3 is 3.09 bits per heavy atom. The third kappa shape index (κ3) is 0.808. The van der Waals surface area contributed by atoms with Crippen LogP contribution in [0.25, 0.3) is 10.9 Å². The largest absolute Gasteiger partial charge is 0.275 e. The second-order valence-electron chi connectivity index (χ2n) is 2.53. The van der Waals surface area contributed by atoms with E-state index in [0.29, 0.717) is 11.1 Å². The molecule has 0 amide bonds. The molecule has 0 saturated carbocycles. The zero-order valence-electron chi connectivity index (χ0n) is 6.06. The van der Waals surface area contributed by atoms with E-state index >= 15 is 0 Å². The molecule has 2 nitrogen and oxygen atoms in total. The molecule has 0 aliphatic carbocycles. The molecule has 56 valence electrons. The van der Waals surface area contributed by atoms with E-state index in [2.05, 4.69) is 10.2 Å². The smallest absolute Gasteiger partial charge is 0.151 e. The van der Waals surface area contributed by atoms with E-state index in [4.69, 9.17) is 0 Å². The Morgan fingerprint density at radius 1 is 1.45 bits per heavy atom. The fourth-order valence-corrected chi connectivity index (χ4v) is 1.08. The molecular formula is C8H7FN2. The molecule has 0 bridgehead atoms. The maximum Gasteiger partial charge on any atom is 0.151 e. The molecule has 0 fully saturated rings. The van der Waals surface area contributed by atoms with E-state index < -0.39 is 0 Å². The molecule has 1 aromatic heterocycles. The van der Waals surface area contributed by atoms with E-state index in [1.165, 1.54) is 0 Å². The van der Waals surface area contributed by atoms with Gasteiger partial charge in [-0.1, -0.05) is 12.1 Å². The molecule has 11 heavy (non-hydrogen) atoms. The lowest BCUT2D eigenvalue weighted by molar-refractivity contribution is 0.627. The first-order valence-electron chi connectivity index (χ1n) is 3.37. The number of aryl methyl sites for hydroxylation is 1. The Hall–Kier alpha value is -1.38. The van der Waals surface area contributed by atoms with Crippen molar-refractivity contribution in [1.82, 2.24) is 10.2 Å². The number of hydrogen-bond acceptors (Lipinski definition) is 1. The van der Waals surface area contributed by atoms with E-state index in [1.54, 1.807) is 19.2 Å². The number of aromatic amines is 1. The predicted molar refractivity (Wildman–Crippen MR) is 40.8 cm³/mol. The van der Waals surface area contributed by atoms with E-state index in [-0.39, 0.29) is 5.82 Å². The van der Waals surface area contributed by atoms with Gasteiger partial charge >= 0.3 is 0 Å². The minimum absolute atomic E-state index is 0.208. The number of nitrogens with one attached hydrogen (secondary N) is 1. The number of halogens is 1. The summed E-state index contributed by atoms with van der Waals surface area (Å²) in [6.45, 7) is 1.73. The van der Waals surface area contributed by atoms with Crippen LogP contribution in [0.4, 0.5) is 4.39 Å². The number of aromatic nitrogens is 2. The van der Waals surface area contributed by atoms with Crippen LogP contribution in [0.3, 0.4) is 0 Å². The van der Waals surface area contributed by atoms with Crippen LogP contribution in [0.2, 0.25) is 0 Å². The third-order valence-corrected chi connectivity index (χ3v) is 1.75. The number of nitrogens with zero attached hydrogens (tertiary/aromatic N) is 1. The molecule has 1 heterocycles. The summed E-state index contributed by atoms with van der Waals surface area (Å²) in [7, 11) is 0. The average molecular weight is 150 g/mol. The van der Waals surface area contributed by atoms with Crippen LogP contribution in [0.15, 0.2) is 18.3 Å². The standard InChI is InChI=1S/C8H7FN2/c1-5-2-3-6-4-10-11-8(6)7(5)9/h2-4H,1H3,(H,10,11). The first-order valence-corrected chi connectivity index (χ1v) is 3.37. The van der Waals surface area contributed by atoms with Crippen LogP contribution in [-0.4, -0.2) is 10.2 Å². The normalized spacial score (nSPS) is 10.7. The van der Waals surface area contributed by atoms with Crippen molar-refractivity contribution in [2.45, 2.75) is 6.92 Å². The highest BCUT2D eigenvalue weighted by atomic mass is 19.1. The Balaban J connectivity index is 2.93. The first-order chi connectivity index (χ1) is 5.29. The van der Waals surface area contributed by atoms with Crippen LogP contribution in [0.5, 0.6) is 0 Å². The maximum atomic E-state index is 13.2. The fourth-order valence-electron chi connectivity index (χ4n) is 1.08. The lowest BCUT2D eigenvalue weighted by Gasteiger charge is -1.94. The van der Waals surface area contributed by atoms with Crippen LogP contribution in [0, 0.1) is 12.7 Å². The summed E-state index contributed by atoms with van der Waals surface area (Å²) in [5, 5.41) is 7.15. The molecule has 0 aliphatic heterocycles. The van der Waals surface area contributed by atoms with Crippen molar-refractivity contribution in [1.29, 1.82) is 0 Å². The van der Waals surface area contributed by atoms with Crippen LogP contribution < -0.4 is 0 Å². The number of H-pyrrole nitrogens is 1. The van der Waals surface area contributed by atoms with Crippen molar-refractivity contribution in [3.05, 3.63) is 29.7 Å². The molecule has 0 unspecified atom stereocenters. The minimum Gasteiger partial charge on any atom is -0.275 e. The molecule has 0 saturated heterocycles. The molecule has 0 atom stereocenters. The highest BCUT2D eigenvalue weighted by Gasteiger charge is 2.03. The van der Waals surface area contributed by atoms with Crippen molar-refractivity contribution < 1.29 is 4.39 Å². The van der Waals surface area contributed by atoms with Crippen LogP contribution in [0.1, 0.15) is 5.56 Å². The van der Waals surface area contributed by atoms with Crippen molar-refractivity contribution in [3.63, 3.8) is 0 Å². The van der Waals surface area contributed by atoms with Crippen LogP contribution >= 0.6 is 0 Å². The lowest BCUT2D eigenvalue weighted by Crippen LogP contribution is -1.82. The molecule has 3 heteroatoms. The second kappa shape index (κ2) is 2.05. The van der Waals surface area contributed by atoms with Crippen molar-refractivity contribution >= 4 is 10.9 Å². The highest BCUT2D eigenvalue weighted by Crippen LogP contribution is 2.17. The van der Waals surface area contributed by atoms with Gasteiger partial charge in [0.1, 0.15) is 5.52 Å². The monoisotopic (exact) mass is 150 g/mol. The topological polar surface area (TPSA) is 28.7 Å². The first kappa shape index (κ1) is 6.34. The van der Waals surface area contributed by atoms with Gasteiger partial charge in [-0.3, -0.25) is 5.10 Å². The number of hydrogen-bond donors (Lipinski definition) is 1. The summed E-state index contributed by atoms with van der Waals surface area (Å²) in [4.78, 5) is 0. The van der Waals surface area contributed by atoms with Gasteiger partial charge in [0.15, 0.2) is 5.82 Å². The van der Waals surface area contributed by atoms with E-state index in [1.807, 2.05) is 6.07 Å². The second-order valence-corrected chi connectivity index (χ2v) is 2.53. The summed E-state index contributed by atoms with van der Waals surface area (Å²) in [6.07, 6.45) is 1.61. The zero-order valence-corrected chi connectivity index (χ0v) is 6.06. The van der Waals surface area contributed by atoms with Crippen molar-refractivity contribution in [2.24, 2.45) is 0 Å². The van der Waals surface area contributed by atoms with E-state index in [9.17, 15) is 4.39 Å². The van der Waals surface area contributed by atoms with Gasteiger partial charge in [0.2, 0.25) is 0 Å². The van der Waals surface area contributed by atoms with Gasteiger partial charge < -0.3 is 0 Å². The molecule has 1 aromatic carbocycles. The van der Waals surface area contributed by atoms with Gasteiger partial charge in [0.25, 0.3) is 0 Å². The van der Waals surface area contributed by atoms with Gasteiger partial charge in [-0.15, -0.1) is 0 Å². The quantitative estimate of drug-likeness (QED) is 0.611. The Kier molecular flexibility index (Phi) is 1.18. The summed E-state index contributed by atoms with van der Waals surface area (Å²) >= 11 is 0. The van der Waals surface area contributed by atoms with Gasteiger partial charge in [-0.2, -0.15) is 5.10 Å². The van der Waals surface area contributed by atoms with Gasteiger partial charge in [0, 0.05) is 5.39 Å². The Labute approximate surface area is 63.0 Å². The fraction of sp³-hybridized carbons (Fsp3) is 0.125. The number of fused-ring (bicyclic) bond motifs is 1. The molecule has 1 N–H and O–H groups in total. The molecule has 0 radical (unpaired) electrons. The third-order valence-electron chi connectivity index (χ3n) is 1.75. The molecule has 0 spiro atoms. The number of benzene rings is 1. The van der Waals surface area contributed by atoms with Gasteiger partial charge in [0.05, 0.1) is 6.20 Å². The SMILES string of the molecule is Cc1ccc2cn[nH]c2c1F. The van der Waals surface area contributed by atoms with Crippen molar-refractivity contribution in [2.75, 3.05) is 0 Å². The van der Waals surface area contributed by atoms with Gasteiger partial charge in [-0.05, 0) is 12.5 Å². The average Bonchev–Trinajstić information content (AvgIpc) is 2.45. The zero-order chi connectivity index (χ0) is 7.84. The minimum atomic E-state index is -0.208. The molecule has 2 rings (SSSR count). The number of rotatable bonds is 0. The Morgan fingerprint density at radius 2 is 2.27 bits per heavy atom. The summed E-state index contributed by atoms with van der Waals surface area (Å²) in [5.41, 5.74) is 1.13. The molecular weight excluding hydrogens is 143 g/mol. The van der Waals surface area contributed by atoms with Crippen molar-refractivity contribution in [3.8, 4) is 0 Å². The summed E-state index contributed by atoms with van der Waals surface area (Å²) < 4.78 is 13.2. The van der Waals surface area contributed by atoms with E-state index in [0.717, 1.165) is 5.39 Å². The van der Waals surface area contributed by atoms with Gasteiger partial charge in [-0.25, -0.2) is 4.39 Å². The maximum absolute atomic E-state index is 13.2. The predicted octanol–water partition coefficient (Wildman–Crippen LogP) is 2.01. The summed E-state index contributed by atoms with van der Waals surface area (Å²) in [5.74, 6) is -0.208. The lowest BCUT2D eigenvalue weighted by atomic mass is 10.2. The van der Waals surface area contributed by atoms with Crippen LogP contribution in [-0.2, 0) is 0 Å². The highest BCUT2D eigenvalue weighted by molar-refractivity contribution is 5.79. The molecule has 0 aliphatic rings.